The molecule has 0 aliphatic carbocycles. The molecule has 0 unspecified atom stereocenters. The molecular formula is C19H27N3O. The molecular weight excluding hydrogens is 286 g/mol. The third-order valence-corrected chi connectivity index (χ3v) is 4.57. The quantitative estimate of drug-likeness (QED) is 0.923. The smallest absolute Gasteiger partial charge is 0.148 e. The fraction of sp³-hybridized carbons (Fsp3) is 0.579. The van der Waals surface area contributed by atoms with Crippen LogP contribution in [0.15, 0.2) is 24.3 Å². The van der Waals surface area contributed by atoms with Crippen molar-refractivity contribution >= 4 is 16.9 Å². The Morgan fingerprint density at radius 2 is 1.87 bits per heavy atom. The maximum absolute atomic E-state index is 6.07. The Morgan fingerprint density at radius 1 is 1.17 bits per heavy atom. The average molecular weight is 313 g/mol. The van der Waals surface area contributed by atoms with Crippen LogP contribution in [0, 0.1) is 18.3 Å². The lowest BCUT2D eigenvalue weighted by Crippen LogP contribution is -2.42. The molecule has 4 heteroatoms. The summed E-state index contributed by atoms with van der Waals surface area (Å²) < 4.78 is 6.07. The lowest BCUT2D eigenvalue weighted by atomic mass is 9.78. The van der Waals surface area contributed by atoms with E-state index in [-0.39, 0.29) is 11.5 Å². The number of para-hydroxylation sites is 2. The molecule has 1 N–H and O–H groups in total. The Morgan fingerprint density at radius 3 is 2.57 bits per heavy atom. The van der Waals surface area contributed by atoms with E-state index >= 15 is 0 Å². The molecule has 0 saturated carbocycles. The van der Waals surface area contributed by atoms with E-state index in [1.165, 1.54) is 6.42 Å². The zero-order valence-electron chi connectivity index (χ0n) is 14.6. The first-order chi connectivity index (χ1) is 10.9. The topological polar surface area (TPSA) is 47.0 Å². The van der Waals surface area contributed by atoms with Crippen molar-refractivity contribution in [2.75, 3.05) is 18.5 Å². The van der Waals surface area contributed by atoms with Crippen LogP contribution < -0.4 is 5.32 Å². The Labute approximate surface area is 138 Å². The number of fused-ring (bicyclic) bond motifs is 1. The van der Waals surface area contributed by atoms with Crippen molar-refractivity contribution in [1.82, 2.24) is 9.97 Å². The molecule has 0 amide bonds. The highest BCUT2D eigenvalue weighted by Gasteiger charge is 2.35. The number of nitrogens with one attached hydrogen (secondary N) is 1. The summed E-state index contributed by atoms with van der Waals surface area (Å²) in [5.74, 6) is 1.40. The third-order valence-electron chi connectivity index (χ3n) is 4.57. The Hall–Kier alpha value is -1.68. The van der Waals surface area contributed by atoms with Crippen molar-refractivity contribution in [3.05, 3.63) is 30.0 Å². The second-order valence-corrected chi connectivity index (χ2v) is 7.59. The van der Waals surface area contributed by atoms with Gasteiger partial charge in [-0.1, -0.05) is 32.9 Å². The average Bonchev–Trinajstić information content (AvgIpc) is 2.52. The standard InChI is InChI=1S/C19H27N3O/c1-13-18(22-16-10-6-5-9-15(16)21-13)20-12-14-8-7-11-23-17(14)19(2,3)4/h5-6,9-10,14,17H,7-8,11-12H2,1-4H3,(H,20,22)/t14-,17+/m0/s1. The van der Waals surface area contributed by atoms with Crippen molar-refractivity contribution in [3.8, 4) is 0 Å². The van der Waals surface area contributed by atoms with Gasteiger partial charge < -0.3 is 10.1 Å². The van der Waals surface area contributed by atoms with E-state index in [2.05, 4.69) is 31.1 Å². The summed E-state index contributed by atoms with van der Waals surface area (Å²) in [5.41, 5.74) is 3.00. The normalized spacial score (nSPS) is 22.3. The van der Waals surface area contributed by atoms with Gasteiger partial charge in [-0.3, -0.25) is 0 Å². The number of benzene rings is 1. The summed E-state index contributed by atoms with van der Waals surface area (Å²) in [5, 5.41) is 3.52. The van der Waals surface area contributed by atoms with Gasteiger partial charge in [0, 0.05) is 19.1 Å². The first-order valence-corrected chi connectivity index (χ1v) is 8.54. The maximum Gasteiger partial charge on any atom is 0.148 e. The van der Waals surface area contributed by atoms with Gasteiger partial charge in [0.15, 0.2) is 0 Å². The zero-order valence-corrected chi connectivity index (χ0v) is 14.6. The largest absolute Gasteiger partial charge is 0.377 e. The third kappa shape index (κ3) is 3.63. The Kier molecular flexibility index (Phi) is 4.53. The van der Waals surface area contributed by atoms with Crippen molar-refractivity contribution in [3.63, 3.8) is 0 Å². The van der Waals surface area contributed by atoms with Crippen LogP contribution >= 0.6 is 0 Å². The first-order valence-electron chi connectivity index (χ1n) is 8.54. The number of nitrogens with zero attached hydrogens (tertiary/aromatic N) is 2. The van der Waals surface area contributed by atoms with Crippen LogP contribution in [0.2, 0.25) is 0 Å². The van der Waals surface area contributed by atoms with Crippen LogP contribution in [0.25, 0.3) is 11.0 Å². The molecule has 0 bridgehead atoms. The van der Waals surface area contributed by atoms with Gasteiger partial charge in [-0.05, 0) is 37.3 Å². The van der Waals surface area contributed by atoms with Crippen molar-refractivity contribution < 1.29 is 4.74 Å². The molecule has 2 aromatic rings. The minimum absolute atomic E-state index is 0.164. The molecule has 1 aromatic carbocycles. The molecule has 3 rings (SSSR count). The van der Waals surface area contributed by atoms with E-state index in [1.807, 2.05) is 31.2 Å². The van der Waals surface area contributed by atoms with Gasteiger partial charge in [0.2, 0.25) is 0 Å². The van der Waals surface area contributed by atoms with E-state index < -0.39 is 0 Å². The number of hydrogen-bond donors (Lipinski definition) is 1. The number of aromatic nitrogens is 2. The second-order valence-electron chi connectivity index (χ2n) is 7.59. The number of rotatable bonds is 3. The summed E-state index contributed by atoms with van der Waals surface area (Å²) in [7, 11) is 0. The molecule has 1 aliphatic rings. The summed E-state index contributed by atoms with van der Waals surface area (Å²) in [6.45, 7) is 10.6. The summed E-state index contributed by atoms with van der Waals surface area (Å²) in [4.78, 5) is 9.38. The van der Waals surface area contributed by atoms with Crippen molar-refractivity contribution in [1.29, 1.82) is 0 Å². The number of anilines is 1. The molecule has 0 radical (unpaired) electrons. The van der Waals surface area contributed by atoms with Crippen LogP contribution in [0.1, 0.15) is 39.3 Å². The molecule has 1 aliphatic heterocycles. The molecule has 2 heterocycles. The molecule has 4 nitrogen and oxygen atoms in total. The molecule has 1 aromatic heterocycles. The van der Waals surface area contributed by atoms with Crippen LogP contribution in [0.5, 0.6) is 0 Å². The fourth-order valence-electron chi connectivity index (χ4n) is 3.49. The van der Waals surface area contributed by atoms with Crippen LogP contribution in [0.3, 0.4) is 0 Å². The van der Waals surface area contributed by atoms with Gasteiger partial charge in [-0.2, -0.15) is 0 Å². The second kappa shape index (κ2) is 6.44. The predicted molar refractivity (Wildman–Crippen MR) is 94.7 cm³/mol. The predicted octanol–water partition coefficient (Wildman–Crippen LogP) is 4.19. The number of aryl methyl sites for hydroxylation is 1. The van der Waals surface area contributed by atoms with Crippen LogP contribution in [0.4, 0.5) is 5.82 Å². The Balaban J connectivity index is 1.75. The van der Waals surface area contributed by atoms with E-state index in [4.69, 9.17) is 9.72 Å². The first kappa shape index (κ1) is 16.2. The SMILES string of the molecule is Cc1nc2ccccc2nc1NC[C@@H]1CCCO[C@H]1C(C)(C)C. The highest BCUT2D eigenvalue weighted by Crippen LogP contribution is 2.34. The monoisotopic (exact) mass is 313 g/mol. The molecule has 1 fully saturated rings. The molecule has 2 atom stereocenters. The number of ether oxygens (including phenoxy) is 1. The lowest BCUT2D eigenvalue weighted by molar-refractivity contribution is -0.0814. The van der Waals surface area contributed by atoms with E-state index in [1.54, 1.807) is 0 Å². The zero-order chi connectivity index (χ0) is 16.4. The van der Waals surface area contributed by atoms with Crippen molar-refractivity contribution in [2.24, 2.45) is 11.3 Å². The molecule has 0 spiro atoms. The van der Waals surface area contributed by atoms with E-state index in [0.29, 0.717) is 5.92 Å². The van der Waals surface area contributed by atoms with Gasteiger partial charge in [0.1, 0.15) is 5.82 Å². The van der Waals surface area contributed by atoms with Crippen molar-refractivity contribution in [2.45, 2.75) is 46.6 Å². The summed E-state index contributed by atoms with van der Waals surface area (Å²) >= 11 is 0. The minimum Gasteiger partial charge on any atom is -0.377 e. The fourth-order valence-corrected chi connectivity index (χ4v) is 3.49. The number of hydrogen-bond acceptors (Lipinski definition) is 4. The summed E-state index contributed by atoms with van der Waals surface area (Å²) in [6, 6.07) is 8.01. The van der Waals surface area contributed by atoms with Crippen LogP contribution in [-0.4, -0.2) is 29.2 Å². The van der Waals surface area contributed by atoms with E-state index in [9.17, 15) is 0 Å². The molecule has 1 saturated heterocycles. The Bertz CT molecular complexity index is 678. The van der Waals surface area contributed by atoms with Gasteiger partial charge in [0.25, 0.3) is 0 Å². The highest BCUT2D eigenvalue weighted by molar-refractivity contribution is 5.76. The lowest BCUT2D eigenvalue weighted by Gasteiger charge is -2.40. The van der Waals surface area contributed by atoms with Gasteiger partial charge in [-0.15, -0.1) is 0 Å². The van der Waals surface area contributed by atoms with E-state index in [0.717, 1.165) is 42.1 Å². The minimum atomic E-state index is 0.164. The van der Waals surface area contributed by atoms with Gasteiger partial charge in [-0.25, -0.2) is 9.97 Å². The van der Waals surface area contributed by atoms with Crippen LogP contribution in [-0.2, 0) is 4.74 Å². The maximum atomic E-state index is 6.07. The van der Waals surface area contributed by atoms with Gasteiger partial charge >= 0.3 is 0 Å². The highest BCUT2D eigenvalue weighted by atomic mass is 16.5. The molecule has 23 heavy (non-hydrogen) atoms. The summed E-state index contributed by atoms with van der Waals surface area (Å²) in [6.07, 6.45) is 2.63. The van der Waals surface area contributed by atoms with Gasteiger partial charge in [0.05, 0.1) is 22.8 Å². The molecule has 124 valence electrons.